The lowest BCUT2D eigenvalue weighted by molar-refractivity contribution is 0.316. The number of nitrogens with two attached hydrogens (primary N) is 1. The standard InChI is InChI=1S/C11H12F5N3O/c12-6-7(13)9(15)11(10(16)8(6)14)18-4-2-1-3-5(17)19-20/h18,20H,1-4H2,(H2,17,19). The Kier molecular flexibility index (Phi) is 5.53. The summed E-state index contributed by atoms with van der Waals surface area (Å²) in [6, 6.07) is 0. The van der Waals surface area contributed by atoms with Crippen molar-refractivity contribution in [2.75, 3.05) is 11.9 Å². The summed E-state index contributed by atoms with van der Waals surface area (Å²) in [6.45, 7) is -0.0307. The Morgan fingerprint density at radius 1 is 0.950 bits per heavy atom. The van der Waals surface area contributed by atoms with E-state index in [0.717, 1.165) is 0 Å². The second-order valence-corrected chi connectivity index (χ2v) is 3.92. The summed E-state index contributed by atoms with van der Waals surface area (Å²) >= 11 is 0. The molecule has 0 bridgehead atoms. The molecule has 0 spiro atoms. The number of rotatable bonds is 6. The number of unbranched alkanes of at least 4 members (excludes halogenated alkanes) is 1. The van der Waals surface area contributed by atoms with E-state index in [4.69, 9.17) is 10.9 Å². The molecule has 1 aromatic rings. The molecule has 4 nitrogen and oxygen atoms in total. The lowest BCUT2D eigenvalue weighted by Crippen LogP contribution is -2.13. The molecule has 0 aliphatic heterocycles. The Hall–Kier alpha value is -2.06. The molecule has 112 valence electrons. The van der Waals surface area contributed by atoms with Crippen molar-refractivity contribution in [3.63, 3.8) is 0 Å². The number of oxime groups is 1. The Morgan fingerprint density at radius 2 is 1.45 bits per heavy atom. The molecule has 0 aliphatic rings. The molecule has 0 unspecified atom stereocenters. The summed E-state index contributed by atoms with van der Waals surface area (Å²) in [7, 11) is 0. The average molecular weight is 297 g/mol. The third-order valence-electron chi connectivity index (χ3n) is 2.50. The van der Waals surface area contributed by atoms with E-state index in [9.17, 15) is 22.0 Å². The van der Waals surface area contributed by atoms with Crippen molar-refractivity contribution >= 4 is 11.5 Å². The number of hydrogen-bond donors (Lipinski definition) is 3. The molecular formula is C11H12F5N3O. The van der Waals surface area contributed by atoms with Crippen LogP contribution < -0.4 is 11.1 Å². The Balaban J connectivity index is 2.65. The van der Waals surface area contributed by atoms with Crippen molar-refractivity contribution in [3.8, 4) is 0 Å². The van der Waals surface area contributed by atoms with E-state index in [-0.39, 0.29) is 18.8 Å². The van der Waals surface area contributed by atoms with Crippen molar-refractivity contribution in [2.24, 2.45) is 10.9 Å². The fourth-order valence-corrected chi connectivity index (χ4v) is 1.45. The first kappa shape index (κ1) is 16.0. The number of halogens is 5. The summed E-state index contributed by atoms with van der Waals surface area (Å²) in [6.07, 6.45) is 0.989. The van der Waals surface area contributed by atoms with E-state index < -0.39 is 34.8 Å². The molecule has 0 atom stereocenters. The molecule has 0 radical (unpaired) electrons. The predicted octanol–water partition coefficient (Wildman–Crippen LogP) is 2.71. The molecule has 9 heteroatoms. The van der Waals surface area contributed by atoms with Crippen LogP contribution in [0.15, 0.2) is 5.16 Å². The van der Waals surface area contributed by atoms with Gasteiger partial charge in [0.25, 0.3) is 0 Å². The van der Waals surface area contributed by atoms with E-state index in [1.807, 2.05) is 0 Å². The van der Waals surface area contributed by atoms with Crippen LogP contribution in [0.3, 0.4) is 0 Å². The molecule has 20 heavy (non-hydrogen) atoms. The lowest BCUT2D eigenvalue weighted by atomic mass is 10.2. The molecule has 0 amide bonds. The summed E-state index contributed by atoms with van der Waals surface area (Å²) in [5.41, 5.74) is 4.13. The van der Waals surface area contributed by atoms with Crippen LogP contribution in [0.2, 0.25) is 0 Å². The Labute approximate surface area is 111 Å². The number of amidine groups is 1. The highest BCUT2D eigenvalue weighted by molar-refractivity contribution is 5.79. The van der Waals surface area contributed by atoms with Crippen molar-refractivity contribution in [3.05, 3.63) is 29.1 Å². The molecule has 1 aromatic carbocycles. The first-order valence-electron chi connectivity index (χ1n) is 5.61. The SMILES string of the molecule is NC(CCCCNc1c(F)c(F)c(F)c(F)c1F)=NO. The molecule has 4 N–H and O–H groups in total. The number of hydrogen-bond acceptors (Lipinski definition) is 3. The van der Waals surface area contributed by atoms with E-state index in [1.165, 1.54) is 0 Å². The number of nitrogens with one attached hydrogen (secondary N) is 1. The molecule has 0 aromatic heterocycles. The van der Waals surface area contributed by atoms with Gasteiger partial charge in [0.2, 0.25) is 5.82 Å². The van der Waals surface area contributed by atoms with Crippen LogP contribution in [-0.2, 0) is 0 Å². The molecule has 0 fully saturated rings. The van der Waals surface area contributed by atoms with E-state index in [2.05, 4.69) is 10.5 Å². The van der Waals surface area contributed by atoms with Crippen LogP contribution in [-0.4, -0.2) is 17.6 Å². The van der Waals surface area contributed by atoms with E-state index >= 15 is 0 Å². The molecular weight excluding hydrogens is 285 g/mol. The largest absolute Gasteiger partial charge is 0.409 e. The highest BCUT2D eigenvalue weighted by atomic mass is 19.2. The van der Waals surface area contributed by atoms with Gasteiger partial charge in [-0.05, 0) is 12.8 Å². The number of anilines is 1. The molecule has 0 aliphatic carbocycles. The van der Waals surface area contributed by atoms with E-state index in [0.29, 0.717) is 12.8 Å². The lowest BCUT2D eigenvalue weighted by Gasteiger charge is -2.10. The Morgan fingerprint density at radius 3 is 1.95 bits per heavy atom. The van der Waals surface area contributed by atoms with Gasteiger partial charge in [0.05, 0.1) is 0 Å². The average Bonchev–Trinajstić information content (AvgIpc) is 2.45. The summed E-state index contributed by atoms with van der Waals surface area (Å²) in [5.74, 6) is -10.0. The summed E-state index contributed by atoms with van der Waals surface area (Å²) in [4.78, 5) is 0. The van der Waals surface area contributed by atoms with Crippen molar-refractivity contribution in [1.82, 2.24) is 0 Å². The minimum atomic E-state index is -2.20. The highest BCUT2D eigenvalue weighted by Gasteiger charge is 2.25. The number of benzene rings is 1. The van der Waals surface area contributed by atoms with Crippen molar-refractivity contribution in [2.45, 2.75) is 19.3 Å². The van der Waals surface area contributed by atoms with Gasteiger partial charge in [0.15, 0.2) is 23.3 Å². The van der Waals surface area contributed by atoms with Crippen LogP contribution in [0.1, 0.15) is 19.3 Å². The van der Waals surface area contributed by atoms with Gasteiger partial charge in [0, 0.05) is 13.0 Å². The third-order valence-corrected chi connectivity index (χ3v) is 2.50. The van der Waals surface area contributed by atoms with Gasteiger partial charge in [-0.25, -0.2) is 22.0 Å². The zero-order chi connectivity index (χ0) is 15.3. The fraction of sp³-hybridized carbons (Fsp3) is 0.364. The highest BCUT2D eigenvalue weighted by Crippen LogP contribution is 2.26. The van der Waals surface area contributed by atoms with Crippen LogP contribution in [0.25, 0.3) is 0 Å². The smallest absolute Gasteiger partial charge is 0.200 e. The third kappa shape index (κ3) is 3.49. The van der Waals surface area contributed by atoms with Crippen LogP contribution >= 0.6 is 0 Å². The van der Waals surface area contributed by atoms with Crippen LogP contribution in [0.5, 0.6) is 0 Å². The minimum Gasteiger partial charge on any atom is -0.409 e. The van der Waals surface area contributed by atoms with E-state index in [1.54, 1.807) is 0 Å². The second kappa shape index (κ2) is 6.92. The van der Waals surface area contributed by atoms with Crippen molar-refractivity contribution in [1.29, 1.82) is 0 Å². The van der Waals surface area contributed by atoms with Gasteiger partial charge in [-0.3, -0.25) is 0 Å². The zero-order valence-corrected chi connectivity index (χ0v) is 10.2. The molecule has 0 heterocycles. The maximum Gasteiger partial charge on any atom is 0.200 e. The van der Waals surface area contributed by atoms with Crippen molar-refractivity contribution < 1.29 is 27.2 Å². The first-order chi connectivity index (χ1) is 9.40. The monoisotopic (exact) mass is 297 g/mol. The first-order valence-corrected chi connectivity index (χ1v) is 5.61. The predicted molar refractivity (Wildman–Crippen MR) is 62.0 cm³/mol. The van der Waals surface area contributed by atoms with Gasteiger partial charge >= 0.3 is 0 Å². The number of nitrogens with zero attached hydrogens (tertiary/aromatic N) is 1. The molecule has 0 saturated heterocycles. The van der Waals surface area contributed by atoms with Gasteiger partial charge in [-0.2, -0.15) is 0 Å². The maximum absolute atomic E-state index is 13.2. The minimum absolute atomic E-state index is 0.0127. The maximum atomic E-state index is 13.2. The van der Waals surface area contributed by atoms with Gasteiger partial charge in [-0.15, -0.1) is 0 Å². The van der Waals surface area contributed by atoms with Gasteiger partial charge in [-0.1, -0.05) is 5.16 Å². The topological polar surface area (TPSA) is 70.6 Å². The quantitative estimate of drug-likeness (QED) is 0.110. The fourth-order valence-electron chi connectivity index (χ4n) is 1.45. The van der Waals surface area contributed by atoms with Crippen LogP contribution in [0, 0.1) is 29.1 Å². The normalized spacial score (nSPS) is 11.8. The van der Waals surface area contributed by atoms with Gasteiger partial charge < -0.3 is 16.3 Å². The summed E-state index contributed by atoms with van der Waals surface area (Å²) in [5, 5.41) is 13.1. The van der Waals surface area contributed by atoms with Crippen LogP contribution in [0.4, 0.5) is 27.6 Å². The summed E-state index contributed by atoms with van der Waals surface area (Å²) < 4.78 is 65.0. The molecule has 0 saturated carbocycles. The zero-order valence-electron chi connectivity index (χ0n) is 10.2. The Bertz CT molecular complexity index is 492. The van der Waals surface area contributed by atoms with Gasteiger partial charge in [0.1, 0.15) is 11.5 Å². The molecule has 1 rings (SSSR count). The second-order valence-electron chi connectivity index (χ2n) is 3.92.